The lowest BCUT2D eigenvalue weighted by atomic mass is 10.0. The normalized spacial score (nSPS) is 11.9. The number of carbonyl (C=O) groups excluding carboxylic acids is 1. The van der Waals surface area contributed by atoms with Crippen LogP contribution in [-0.4, -0.2) is 28.0 Å². The van der Waals surface area contributed by atoms with E-state index in [-0.39, 0.29) is 12.3 Å². The van der Waals surface area contributed by atoms with Crippen molar-refractivity contribution in [1.29, 1.82) is 0 Å². The van der Waals surface area contributed by atoms with Crippen LogP contribution in [0.15, 0.2) is 54.6 Å². The lowest BCUT2D eigenvalue weighted by molar-refractivity contribution is -0.129. The van der Waals surface area contributed by atoms with Gasteiger partial charge in [-0.15, -0.1) is 0 Å². The molecule has 0 saturated heterocycles. The quantitative estimate of drug-likeness (QED) is 0.492. The molecule has 1 unspecified atom stereocenters. The summed E-state index contributed by atoms with van der Waals surface area (Å²) in [5, 5.41) is 14.1. The highest BCUT2D eigenvalue weighted by Gasteiger charge is 2.18. The van der Waals surface area contributed by atoms with E-state index in [2.05, 4.69) is 0 Å². The molecule has 0 aliphatic rings. The molecule has 2 N–H and O–H groups in total. The highest BCUT2D eigenvalue weighted by atomic mass is 35.5. The van der Waals surface area contributed by atoms with Gasteiger partial charge in [-0.05, 0) is 42.5 Å². The molecule has 7 heteroatoms. The molecule has 1 heterocycles. The number of hydrogen-bond donors (Lipinski definition) is 2. The summed E-state index contributed by atoms with van der Waals surface area (Å²) >= 11 is 6.01. The third-order valence-electron chi connectivity index (χ3n) is 4.31. The fourth-order valence-electron chi connectivity index (χ4n) is 2.82. The zero-order valence-electron chi connectivity index (χ0n) is 15.0. The molecule has 1 atom stereocenters. The smallest absolute Gasteiger partial charge is 0.243 e. The summed E-state index contributed by atoms with van der Waals surface area (Å²) in [5.41, 5.74) is 5.11. The summed E-state index contributed by atoms with van der Waals surface area (Å²) in [6, 6.07) is 17.0. The number of nitrogens with zero attached hydrogens (tertiary/aromatic N) is 2. The molecule has 6 nitrogen and oxygen atoms in total. The number of benzene rings is 2. The van der Waals surface area contributed by atoms with E-state index in [1.807, 2.05) is 66.2 Å². The molecular formula is C20H20ClN3O3. The van der Waals surface area contributed by atoms with Crippen LogP contribution in [-0.2, 0) is 4.79 Å². The van der Waals surface area contributed by atoms with E-state index < -0.39 is 5.91 Å². The molecule has 0 saturated carbocycles. The Morgan fingerprint density at radius 3 is 2.48 bits per heavy atom. The minimum atomic E-state index is -0.449. The van der Waals surface area contributed by atoms with Gasteiger partial charge in [0.05, 0.1) is 24.2 Å². The van der Waals surface area contributed by atoms with Crippen molar-refractivity contribution >= 4 is 17.5 Å². The molecule has 1 aromatic heterocycles. The van der Waals surface area contributed by atoms with Crippen molar-refractivity contribution in [3.05, 3.63) is 65.3 Å². The van der Waals surface area contributed by atoms with E-state index in [0.717, 1.165) is 28.4 Å². The second-order valence-corrected chi connectivity index (χ2v) is 6.65. The van der Waals surface area contributed by atoms with Crippen LogP contribution in [0.3, 0.4) is 0 Å². The van der Waals surface area contributed by atoms with Crippen LogP contribution in [0.1, 0.15) is 25.0 Å². The third kappa shape index (κ3) is 4.30. The van der Waals surface area contributed by atoms with Crippen LogP contribution in [0.5, 0.6) is 5.75 Å². The van der Waals surface area contributed by atoms with E-state index in [0.29, 0.717) is 5.02 Å². The van der Waals surface area contributed by atoms with Gasteiger partial charge >= 0.3 is 0 Å². The minimum absolute atomic E-state index is 0.135. The van der Waals surface area contributed by atoms with Crippen LogP contribution in [0.25, 0.3) is 16.9 Å². The maximum Gasteiger partial charge on any atom is 0.243 e. The Kier molecular flexibility index (Phi) is 5.78. The molecule has 1 amide bonds. The zero-order chi connectivity index (χ0) is 19.4. The summed E-state index contributed by atoms with van der Waals surface area (Å²) in [6.07, 6.45) is 0.135. The second kappa shape index (κ2) is 8.24. The van der Waals surface area contributed by atoms with E-state index in [4.69, 9.17) is 26.6 Å². The Labute approximate surface area is 162 Å². The number of aromatic nitrogens is 2. The SMILES string of the molecule is COc1ccc(-n2nc(C(C)CC(=O)NO)cc2-c2ccc(Cl)cc2)cc1. The van der Waals surface area contributed by atoms with Crippen LogP contribution in [0, 0.1) is 0 Å². The lowest BCUT2D eigenvalue weighted by Gasteiger charge is -2.09. The third-order valence-corrected chi connectivity index (χ3v) is 4.56. The van der Waals surface area contributed by atoms with E-state index >= 15 is 0 Å². The number of halogens is 1. The average molecular weight is 386 g/mol. The van der Waals surface area contributed by atoms with Crippen molar-refractivity contribution in [3.8, 4) is 22.7 Å². The Hall–Kier alpha value is -2.83. The molecular weight excluding hydrogens is 366 g/mol. The summed E-state index contributed by atoms with van der Waals surface area (Å²) in [7, 11) is 1.62. The molecule has 3 rings (SSSR count). The van der Waals surface area contributed by atoms with E-state index in [1.165, 1.54) is 0 Å². The topological polar surface area (TPSA) is 76.4 Å². The van der Waals surface area contributed by atoms with Crippen molar-refractivity contribution in [2.24, 2.45) is 0 Å². The van der Waals surface area contributed by atoms with Crippen molar-refractivity contribution in [2.45, 2.75) is 19.3 Å². The Morgan fingerprint density at radius 2 is 1.89 bits per heavy atom. The molecule has 0 bridgehead atoms. The number of ether oxygens (including phenoxy) is 1. The van der Waals surface area contributed by atoms with Crippen molar-refractivity contribution in [1.82, 2.24) is 15.3 Å². The largest absolute Gasteiger partial charge is 0.497 e. The number of rotatable bonds is 6. The number of methoxy groups -OCH3 is 1. The van der Waals surface area contributed by atoms with E-state index in [9.17, 15) is 4.79 Å². The first kappa shape index (κ1) is 18.9. The van der Waals surface area contributed by atoms with Gasteiger partial charge in [-0.25, -0.2) is 10.2 Å². The predicted octanol–water partition coefficient (Wildman–Crippen LogP) is 4.20. The van der Waals surface area contributed by atoms with Gasteiger partial charge in [0, 0.05) is 22.9 Å². The maximum absolute atomic E-state index is 11.5. The fourth-order valence-corrected chi connectivity index (χ4v) is 2.94. The number of carbonyl (C=O) groups is 1. The van der Waals surface area contributed by atoms with Gasteiger partial charge in [-0.3, -0.25) is 10.0 Å². The number of hydrogen-bond acceptors (Lipinski definition) is 4. The first-order valence-corrected chi connectivity index (χ1v) is 8.83. The van der Waals surface area contributed by atoms with Gasteiger partial charge < -0.3 is 4.74 Å². The monoisotopic (exact) mass is 385 g/mol. The summed E-state index contributed by atoms with van der Waals surface area (Å²) in [6.45, 7) is 1.89. The summed E-state index contributed by atoms with van der Waals surface area (Å²) < 4.78 is 7.04. The van der Waals surface area contributed by atoms with E-state index in [1.54, 1.807) is 12.6 Å². The first-order valence-electron chi connectivity index (χ1n) is 8.45. The van der Waals surface area contributed by atoms with Gasteiger partial charge in [-0.1, -0.05) is 30.7 Å². The van der Waals surface area contributed by atoms with Gasteiger partial charge in [0.2, 0.25) is 5.91 Å². The predicted molar refractivity (Wildman–Crippen MR) is 104 cm³/mol. The Morgan fingerprint density at radius 1 is 1.22 bits per heavy atom. The molecule has 0 fully saturated rings. The molecule has 0 radical (unpaired) electrons. The van der Waals surface area contributed by atoms with Crippen LogP contribution in [0.2, 0.25) is 5.02 Å². The van der Waals surface area contributed by atoms with Crippen LogP contribution < -0.4 is 10.2 Å². The van der Waals surface area contributed by atoms with Crippen LogP contribution in [0.4, 0.5) is 0 Å². The van der Waals surface area contributed by atoms with Crippen molar-refractivity contribution < 1.29 is 14.7 Å². The molecule has 27 heavy (non-hydrogen) atoms. The standard InChI is InChI=1S/C20H20ClN3O3/c1-13(11-20(25)23-26)18-12-19(14-3-5-15(21)6-4-14)24(22-18)16-7-9-17(27-2)10-8-16/h3-10,12-13,26H,11H2,1-2H3,(H,23,25). The molecule has 3 aromatic rings. The van der Waals surface area contributed by atoms with Gasteiger partial charge in [0.25, 0.3) is 0 Å². The molecule has 2 aromatic carbocycles. The Bertz CT molecular complexity index is 921. The first-order chi connectivity index (χ1) is 13.0. The maximum atomic E-state index is 11.5. The average Bonchev–Trinajstić information content (AvgIpc) is 3.14. The number of hydroxylamine groups is 1. The highest BCUT2D eigenvalue weighted by Crippen LogP contribution is 2.29. The number of nitrogens with one attached hydrogen (secondary N) is 1. The number of amides is 1. The summed E-state index contributed by atoms with van der Waals surface area (Å²) in [5.74, 6) is 0.143. The van der Waals surface area contributed by atoms with Gasteiger partial charge in [0.15, 0.2) is 0 Å². The van der Waals surface area contributed by atoms with Gasteiger partial charge in [0.1, 0.15) is 5.75 Å². The van der Waals surface area contributed by atoms with Crippen molar-refractivity contribution in [3.63, 3.8) is 0 Å². The molecule has 140 valence electrons. The lowest BCUT2D eigenvalue weighted by Crippen LogP contribution is -2.20. The Balaban J connectivity index is 2.05. The van der Waals surface area contributed by atoms with Gasteiger partial charge in [-0.2, -0.15) is 5.10 Å². The zero-order valence-corrected chi connectivity index (χ0v) is 15.8. The molecule has 0 spiro atoms. The highest BCUT2D eigenvalue weighted by molar-refractivity contribution is 6.30. The minimum Gasteiger partial charge on any atom is -0.497 e. The molecule has 0 aliphatic heterocycles. The fraction of sp³-hybridized carbons (Fsp3) is 0.200. The second-order valence-electron chi connectivity index (χ2n) is 6.21. The van der Waals surface area contributed by atoms with Crippen molar-refractivity contribution in [2.75, 3.05) is 7.11 Å². The van der Waals surface area contributed by atoms with Crippen LogP contribution >= 0.6 is 11.6 Å². The molecule has 0 aliphatic carbocycles. The summed E-state index contributed by atoms with van der Waals surface area (Å²) in [4.78, 5) is 11.5.